The molecule has 2 heteroatoms. The summed E-state index contributed by atoms with van der Waals surface area (Å²) in [6, 6.07) is 0. The van der Waals surface area contributed by atoms with Gasteiger partial charge in [0, 0.05) is 0 Å². The van der Waals surface area contributed by atoms with E-state index in [0.717, 1.165) is 5.92 Å². The fraction of sp³-hybridized carbons (Fsp3) is 1.00. The molecule has 1 aliphatic heterocycles. The molecule has 1 aliphatic rings. The first kappa shape index (κ1) is 10.8. The Kier molecular flexibility index (Phi) is 3.10. The Morgan fingerprint density at radius 1 is 1.08 bits per heavy atom. The zero-order valence-electron chi connectivity index (χ0n) is 8.81. The van der Waals surface area contributed by atoms with Gasteiger partial charge in [-0.15, -0.1) is 23.5 Å². The minimum absolute atomic E-state index is 0.460. The predicted octanol–water partition coefficient (Wildman–Crippen LogP) is 3.86. The van der Waals surface area contributed by atoms with E-state index in [0.29, 0.717) is 9.49 Å². The van der Waals surface area contributed by atoms with E-state index >= 15 is 0 Å². The van der Waals surface area contributed by atoms with E-state index in [-0.39, 0.29) is 0 Å². The summed E-state index contributed by atoms with van der Waals surface area (Å²) < 4.78 is 0.460. The molecule has 1 heterocycles. The molecule has 0 spiro atoms. The van der Waals surface area contributed by atoms with E-state index in [2.05, 4.69) is 58.1 Å². The number of rotatable bonds is 0. The summed E-state index contributed by atoms with van der Waals surface area (Å²) in [6.07, 6.45) is 0. The molecule has 12 heavy (non-hydrogen) atoms. The molecule has 0 aromatic heterocycles. The van der Waals surface area contributed by atoms with Gasteiger partial charge in [0.2, 0.25) is 0 Å². The van der Waals surface area contributed by atoms with Crippen LogP contribution >= 0.6 is 23.5 Å². The third-order valence-electron chi connectivity index (χ3n) is 2.49. The predicted molar refractivity (Wildman–Crippen MR) is 61.9 cm³/mol. The second-order valence-electron chi connectivity index (χ2n) is 5.08. The van der Waals surface area contributed by atoms with Crippen LogP contribution < -0.4 is 0 Å². The summed E-state index contributed by atoms with van der Waals surface area (Å²) in [5.41, 5.74) is 0.497. The Morgan fingerprint density at radius 2 is 1.50 bits per heavy atom. The molecule has 0 nitrogen and oxygen atoms in total. The Labute approximate surface area is 85.3 Å². The summed E-state index contributed by atoms with van der Waals surface area (Å²) in [6.45, 7) is 11.7. The standard InChI is InChI=1S/C10H20S2/c1-9(2,3)8-6-11-10(4,5)12-7-8/h8H,6-7H2,1-5H3. The molecule has 1 saturated heterocycles. The van der Waals surface area contributed by atoms with Crippen molar-refractivity contribution in [2.45, 2.75) is 38.7 Å². The first-order valence-corrected chi connectivity index (χ1v) is 6.56. The van der Waals surface area contributed by atoms with Crippen LogP contribution in [-0.4, -0.2) is 15.6 Å². The molecule has 0 N–H and O–H groups in total. The van der Waals surface area contributed by atoms with Crippen molar-refractivity contribution in [3.8, 4) is 0 Å². The highest BCUT2D eigenvalue weighted by atomic mass is 32.2. The molecular weight excluding hydrogens is 184 g/mol. The quantitative estimate of drug-likeness (QED) is 0.587. The molecule has 0 radical (unpaired) electrons. The van der Waals surface area contributed by atoms with Gasteiger partial charge in [-0.25, -0.2) is 0 Å². The molecule has 0 aromatic carbocycles. The first-order chi connectivity index (χ1) is 5.31. The monoisotopic (exact) mass is 204 g/mol. The van der Waals surface area contributed by atoms with E-state index in [1.165, 1.54) is 11.5 Å². The van der Waals surface area contributed by atoms with Crippen molar-refractivity contribution in [1.29, 1.82) is 0 Å². The topological polar surface area (TPSA) is 0 Å². The highest BCUT2D eigenvalue weighted by Crippen LogP contribution is 2.47. The lowest BCUT2D eigenvalue weighted by atomic mass is 9.83. The zero-order chi connectivity index (χ0) is 9.41. The van der Waals surface area contributed by atoms with Crippen molar-refractivity contribution in [3.63, 3.8) is 0 Å². The van der Waals surface area contributed by atoms with Crippen molar-refractivity contribution in [3.05, 3.63) is 0 Å². The average Bonchev–Trinajstić information content (AvgIpc) is 1.83. The van der Waals surface area contributed by atoms with Gasteiger partial charge in [-0.1, -0.05) is 20.8 Å². The van der Waals surface area contributed by atoms with Gasteiger partial charge in [0.05, 0.1) is 4.08 Å². The summed E-state index contributed by atoms with van der Waals surface area (Å²) in [5.74, 6) is 3.56. The van der Waals surface area contributed by atoms with E-state index in [4.69, 9.17) is 0 Å². The van der Waals surface area contributed by atoms with Crippen LogP contribution in [0.2, 0.25) is 0 Å². The van der Waals surface area contributed by atoms with Gasteiger partial charge in [0.15, 0.2) is 0 Å². The van der Waals surface area contributed by atoms with Gasteiger partial charge in [-0.3, -0.25) is 0 Å². The Morgan fingerprint density at radius 3 is 1.83 bits per heavy atom. The summed E-state index contributed by atoms with van der Waals surface area (Å²) in [5, 5.41) is 0. The minimum Gasteiger partial charge on any atom is -0.144 e. The fourth-order valence-electron chi connectivity index (χ4n) is 1.19. The fourth-order valence-corrected chi connectivity index (χ4v) is 4.52. The van der Waals surface area contributed by atoms with Gasteiger partial charge in [-0.05, 0) is 36.7 Å². The summed E-state index contributed by atoms with van der Waals surface area (Å²) in [7, 11) is 0. The molecule has 0 unspecified atom stereocenters. The molecule has 72 valence electrons. The third-order valence-corrected chi connectivity index (χ3v) is 5.72. The average molecular weight is 204 g/mol. The maximum absolute atomic E-state index is 2.36. The van der Waals surface area contributed by atoms with Crippen molar-refractivity contribution in [2.24, 2.45) is 11.3 Å². The summed E-state index contributed by atoms with van der Waals surface area (Å²) in [4.78, 5) is 0. The van der Waals surface area contributed by atoms with Crippen LogP contribution in [-0.2, 0) is 0 Å². The molecular formula is C10H20S2. The Balaban J connectivity index is 2.47. The highest BCUT2D eigenvalue weighted by molar-refractivity contribution is 8.18. The van der Waals surface area contributed by atoms with E-state index in [1.807, 2.05) is 0 Å². The van der Waals surface area contributed by atoms with Gasteiger partial charge >= 0.3 is 0 Å². The number of thioether (sulfide) groups is 2. The van der Waals surface area contributed by atoms with Crippen molar-refractivity contribution >= 4 is 23.5 Å². The normalized spacial score (nSPS) is 25.8. The molecule has 0 aromatic rings. The highest BCUT2D eigenvalue weighted by Gasteiger charge is 2.33. The molecule has 0 atom stereocenters. The van der Waals surface area contributed by atoms with Crippen LogP contribution in [0.1, 0.15) is 34.6 Å². The second kappa shape index (κ2) is 3.45. The van der Waals surface area contributed by atoms with Crippen LogP contribution in [0, 0.1) is 11.3 Å². The third kappa shape index (κ3) is 2.88. The van der Waals surface area contributed by atoms with E-state index < -0.39 is 0 Å². The minimum atomic E-state index is 0.460. The molecule has 1 rings (SSSR count). The summed E-state index contributed by atoms with van der Waals surface area (Å²) >= 11 is 4.24. The number of hydrogen-bond donors (Lipinski definition) is 0. The second-order valence-corrected chi connectivity index (χ2v) is 8.63. The zero-order valence-corrected chi connectivity index (χ0v) is 10.4. The number of hydrogen-bond acceptors (Lipinski definition) is 2. The smallest absolute Gasteiger partial charge is 0.0555 e. The van der Waals surface area contributed by atoms with E-state index in [1.54, 1.807) is 0 Å². The Bertz CT molecular complexity index is 146. The molecule has 0 saturated carbocycles. The van der Waals surface area contributed by atoms with Gasteiger partial charge in [0.1, 0.15) is 0 Å². The van der Waals surface area contributed by atoms with Gasteiger partial charge < -0.3 is 0 Å². The molecule has 0 bridgehead atoms. The van der Waals surface area contributed by atoms with Gasteiger partial charge in [0.25, 0.3) is 0 Å². The molecule has 0 aliphatic carbocycles. The first-order valence-electron chi connectivity index (χ1n) is 4.59. The van der Waals surface area contributed by atoms with Crippen molar-refractivity contribution in [2.75, 3.05) is 11.5 Å². The van der Waals surface area contributed by atoms with Crippen LogP contribution in [0.5, 0.6) is 0 Å². The van der Waals surface area contributed by atoms with Crippen LogP contribution in [0.25, 0.3) is 0 Å². The lowest BCUT2D eigenvalue weighted by Gasteiger charge is -2.39. The lowest BCUT2D eigenvalue weighted by Crippen LogP contribution is -2.32. The van der Waals surface area contributed by atoms with Gasteiger partial charge in [-0.2, -0.15) is 0 Å². The lowest BCUT2D eigenvalue weighted by molar-refractivity contribution is 0.292. The SMILES string of the molecule is CC1(C)SCC(C(C)(C)C)CS1. The maximum atomic E-state index is 2.36. The largest absolute Gasteiger partial charge is 0.144 e. The molecule has 1 fully saturated rings. The maximum Gasteiger partial charge on any atom is 0.0555 e. The van der Waals surface area contributed by atoms with Crippen LogP contribution in [0.3, 0.4) is 0 Å². The van der Waals surface area contributed by atoms with Crippen LogP contribution in [0.15, 0.2) is 0 Å². The van der Waals surface area contributed by atoms with Crippen LogP contribution in [0.4, 0.5) is 0 Å². The van der Waals surface area contributed by atoms with E-state index in [9.17, 15) is 0 Å². The van der Waals surface area contributed by atoms with Crippen molar-refractivity contribution < 1.29 is 0 Å². The Hall–Kier alpha value is 0.700. The van der Waals surface area contributed by atoms with Crippen molar-refractivity contribution in [1.82, 2.24) is 0 Å². The molecule has 0 amide bonds.